The molecule has 1 saturated heterocycles. The second kappa shape index (κ2) is 6.05. The molecule has 2 unspecified atom stereocenters. The van der Waals surface area contributed by atoms with Crippen LogP contribution in [0.4, 0.5) is 5.69 Å². The van der Waals surface area contributed by atoms with Crippen molar-refractivity contribution in [2.24, 2.45) is 0 Å². The Labute approximate surface area is 117 Å². The Hall–Kier alpha value is -0.290. The van der Waals surface area contributed by atoms with Crippen molar-refractivity contribution in [3.8, 4) is 0 Å². The van der Waals surface area contributed by atoms with Crippen molar-refractivity contribution in [3.63, 3.8) is 0 Å². The van der Waals surface area contributed by atoms with Gasteiger partial charge in [0, 0.05) is 21.9 Å². The summed E-state index contributed by atoms with van der Waals surface area (Å²) < 4.78 is 6.99. The molecule has 0 radical (unpaired) electrons. The predicted octanol–water partition coefficient (Wildman–Crippen LogP) is 3.97. The summed E-state index contributed by atoms with van der Waals surface area (Å²) in [5.41, 5.74) is 2.60. The molecule has 2 atom stereocenters. The summed E-state index contributed by atoms with van der Waals surface area (Å²) in [6.45, 7) is 5.25. The quantitative estimate of drug-likeness (QED) is 0.837. The maximum absolute atomic E-state index is 5.71. The van der Waals surface area contributed by atoms with Crippen LogP contribution in [0.2, 0.25) is 0 Å². The molecule has 1 fully saturated rings. The number of hydrogen-bond donors (Lipinski definition) is 1. The van der Waals surface area contributed by atoms with Crippen LogP contribution in [0.5, 0.6) is 0 Å². The lowest BCUT2D eigenvalue weighted by Gasteiger charge is -2.30. The lowest BCUT2D eigenvalue weighted by Crippen LogP contribution is -2.33. The number of benzene rings is 1. The second-order valence-electron chi connectivity index (χ2n) is 4.73. The van der Waals surface area contributed by atoms with E-state index in [9.17, 15) is 0 Å². The van der Waals surface area contributed by atoms with Gasteiger partial charge in [-0.3, -0.25) is 0 Å². The summed E-state index contributed by atoms with van der Waals surface area (Å²) >= 11 is 2.36. The highest BCUT2D eigenvalue weighted by Crippen LogP contribution is 2.24. The number of nitrogens with one attached hydrogen (secondary N) is 1. The molecule has 2 nitrogen and oxygen atoms in total. The van der Waals surface area contributed by atoms with Crippen molar-refractivity contribution in [1.82, 2.24) is 0 Å². The van der Waals surface area contributed by atoms with Crippen molar-refractivity contribution in [1.29, 1.82) is 0 Å². The molecular weight excluding hydrogens is 325 g/mol. The Morgan fingerprint density at radius 2 is 2.29 bits per heavy atom. The number of aryl methyl sites for hydroxylation is 1. The minimum Gasteiger partial charge on any atom is -0.382 e. The van der Waals surface area contributed by atoms with Crippen molar-refractivity contribution >= 4 is 28.3 Å². The summed E-state index contributed by atoms with van der Waals surface area (Å²) in [5, 5.41) is 3.67. The average molecular weight is 345 g/mol. The van der Waals surface area contributed by atoms with Crippen molar-refractivity contribution < 1.29 is 4.74 Å². The van der Waals surface area contributed by atoms with E-state index >= 15 is 0 Å². The molecule has 3 heteroatoms. The van der Waals surface area contributed by atoms with Gasteiger partial charge < -0.3 is 10.1 Å². The molecular formula is C14H20INO. The van der Waals surface area contributed by atoms with Crippen LogP contribution in [-0.2, 0) is 4.74 Å². The third kappa shape index (κ3) is 3.58. The Balaban J connectivity index is 2.02. The fourth-order valence-electron chi connectivity index (χ4n) is 2.27. The van der Waals surface area contributed by atoms with Crippen LogP contribution >= 0.6 is 22.6 Å². The van der Waals surface area contributed by atoms with Crippen molar-refractivity contribution in [2.45, 2.75) is 45.3 Å². The van der Waals surface area contributed by atoms with Gasteiger partial charge in [0.05, 0.1) is 6.10 Å². The molecule has 1 N–H and O–H groups in total. The van der Waals surface area contributed by atoms with Crippen LogP contribution in [0.1, 0.15) is 31.7 Å². The van der Waals surface area contributed by atoms with Gasteiger partial charge in [-0.1, -0.05) is 13.0 Å². The third-order valence-electron chi connectivity index (χ3n) is 3.38. The van der Waals surface area contributed by atoms with Crippen LogP contribution in [0.3, 0.4) is 0 Å². The SMILES string of the molecule is CCC1CC(Nc2cc(I)ccc2C)CCO1. The highest BCUT2D eigenvalue weighted by molar-refractivity contribution is 14.1. The summed E-state index contributed by atoms with van der Waals surface area (Å²) in [5.74, 6) is 0. The number of rotatable bonds is 3. The molecule has 2 rings (SSSR count). The molecule has 1 heterocycles. The van der Waals surface area contributed by atoms with Crippen LogP contribution in [-0.4, -0.2) is 18.8 Å². The van der Waals surface area contributed by atoms with Crippen molar-refractivity contribution in [2.75, 3.05) is 11.9 Å². The Morgan fingerprint density at radius 3 is 3.06 bits per heavy atom. The van der Waals surface area contributed by atoms with Crippen LogP contribution < -0.4 is 5.32 Å². The number of hydrogen-bond acceptors (Lipinski definition) is 2. The van der Waals surface area contributed by atoms with E-state index in [0.29, 0.717) is 12.1 Å². The zero-order chi connectivity index (χ0) is 12.3. The molecule has 17 heavy (non-hydrogen) atoms. The summed E-state index contributed by atoms with van der Waals surface area (Å²) in [6, 6.07) is 7.12. The van der Waals surface area contributed by atoms with Gasteiger partial charge in [0.15, 0.2) is 0 Å². The normalized spacial score (nSPS) is 24.6. The van der Waals surface area contributed by atoms with Gasteiger partial charge in [0.1, 0.15) is 0 Å². The van der Waals surface area contributed by atoms with E-state index in [-0.39, 0.29) is 0 Å². The summed E-state index contributed by atoms with van der Waals surface area (Å²) in [4.78, 5) is 0. The van der Waals surface area contributed by atoms with Crippen molar-refractivity contribution in [3.05, 3.63) is 27.3 Å². The van der Waals surface area contributed by atoms with Gasteiger partial charge in [-0.2, -0.15) is 0 Å². The standard InChI is InChI=1S/C14H20INO/c1-3-13-9-12(6-7-17-13)16-14-8-11(15)5-4-10(14)2/h4-5,8,12-13,16H,3,6-7,9H2,1-2H3. The minimum atomic E-state index is 0.435. The van der Waals surface area contributed by atoms with E-state index in [4.69, 9.17) is 4.74 Å². The number of anilines is 1. The van der Waals surface area contributed by atoms with Gasteiger partial charge in [0.25, 0.3) is 0 Å². The Kier molecular flexibility index (Phi) is 4.68. The fourth-order valence-corrected chi connectivity index (χ4v) is 2.76. The van der Waals surface area contributed by atoms with Crippen LogP contribution in [0.15, 0.2) is 18.2 Å². The first-order chi connectivity index (χ1) is 8.19. The maximum atomic E-state index is 5.71. The molecule has 1 aliphatic rings. The van der Waals surface area contributed by atoms with Crippen LogP contribution in [0, 0.1) is 10.5 Å². The zero-order valence-corrected chi connectivity index (χ0v) is 12.7. The first-order valence-corrected chi connectivity index (χ1v) is 7.41. The second-order valence-corrected chi connectivity index (χ2v) is 5.97. The molecule has 1 aromatic rings. The maximum Gasteiger partial charge on any atom is 0.0592 e. The molecule has 1 aliphatic heterocycles. The van der Waals surface area contributed by atoms with E-state index in [1.165, 1.54) is 14.8 Å². The lowest BCUT2D eigenvalue weighted by molar-refractivity contribution is 0.00925. The van der Waals surface area contributed by atoms with Gasteiger partial charge in [-0.15, -0.1) is 0 Å². The molecule has 0 saturated carbocycles. The van der Waals surface area contributed by atoms with E-state index < -0.39 is 0 Å². The number of halogens is 1. The molecule has 94 valence electrons. The van der Waals surface area contributed by atoms with E-state index in [0.717, 1.165) is 25.9 Å². The molecule has 0 spiro atoms. The number of ether oxygens (including phenoxy) is 1. The Bertz CT molecular complexity index is 380. The zero-order valence-electron chi connectivity index (χ0n) is 10.5. The average Bonchev–Trinajstić information content (AvgIpc) is 2.34. The summed E-state index contributed by atoms with van der Waals surface area (Å²) in [7, 11) is 0. The largest absolute Gasteiger partial charge is 0.382 e. The summed E-state index contributed by atoms with van der Waals surface area (Å²) in [6.07, 6.45) is 3.79. The monoisotopic (exact) mass is 345 g/mol. The van der Waals surface area contributed by atoms with Gasteiger partial charge in [0.2, 0.25) is 0 Å². The highest BCUT2D eigenvalue weighted by Gasteiger charge is 2.21. The molecule has 0 aliphatic carbocycles. The molecule has 0 amide bonds. The van der Waals surface area contributed by atoms with Gasteiger partial charge in [-0.05, 0) is 66.5 Å². The predicted molar refractivity (Wildman–Crippen MR) is 80.6 cm³/mol. The van der Waals surface area contributed by atoms with Gasteiger partial charge >= 0.3 is 0 Å². The van der Waals surface area contributed by atoms with Gasteiger partial charge in [-0.25, -0.2) is 0 Å². The molecule has 0 bridgehead atoms. The third-order valence-corrected chi connectivity index (χ3v) is 4.05. The lowest BCUT2D eigenvalue weighted by atomic mass is 10.0. The fraction of sp³-hybridized carbons (Fsp3) is 0.571. The van der Waals surface area contributed by atoms with E-state index in [2.05, 4.69) is 60.0 Å². The van der Waals surface area contributed by atoms with E-state index in [1.54, 1.807) is 0 Å². The molecule has 0 aromatic heterocycles. The smallest absolute Gasteiger partial charge is 0.0592 e. The van der Waals surface area contributed by atoms with E-state index in [1.807, 2.05) is 0 Å². The topological polar surface area (TPSA) is 21.3 Å². The first kappa shape index (κ1) is 13.1. The Morgan fingerprint density at radius 1 is 1.47 bits per heavy atom. The minimum absolute atomic E-state index is 0.435. The highest BCUT2D eigenvalue weighted by atomic mass is 127. The molecule has 1 aromatic carbocycles. The van der Waals surface area contributed by atoms with Crippen LogP contribution in [0.25, 0.3) is 0 Å². The first-order valence-electron chi connectivity index (χ1n) is 6.33.